The van der Waals surface area contributed by atoms with E-state index in [0.717, 1.165) is 32.5 Å². The van der Waals surface area contributed by atoms with Gasteiger partial charge in [-0.2, -0.15) is 0 Å². The Hall–Kier alpha value is -1.60. The van der Waals surface area contributed by atoms with E-state index in [1.165, 1.54) is 4.88 Å². The van der Waals surface area contributed by atoms with Crippen molar-refractivity contribution in [2.24, 2.45) is 11.3 Å². The van der Waals surface area contributed by atoms with Gasteiger partial charge in [-0.15, -0.1) is 11.3 Å². The summed E-state index contributed by atoms with van der Waals surface area (Å²) in [5.74, 6) is 0.482. The number of amides is 3. The summed E-state index contributed by atoms with van der Waals surface area (Å²) in [4.78, 5) is 27.9. The Labute approximate surface area is 160 Å². The van der Waals surface area contributed by atoms with Crippen molar-refractivity contribution in [1.29, 1.82) is 0 Å². The Morgan fingerprint density at radius 3 is 2.58 bits per heavy atom. The highest BCUT2D eigenvalue weighted by Gasteiger charge is 2.27. The van der Waals surface area contributed by atoms with Crippen LogP contribution in [0.15, 0.2) is 17.5 Å². The minimum absolute atomic E-state index is 0.0431. The first kappa shape index (κ1) is 20.7. The molecule has 6 nitrogen and oxygen atoms in total. The fourth-order valence-corrected chi connectivity index (χ4v) is 3.80. The molecule has 1 aromatic rings. The van der Waals surface area contributed by atoms with E-state index in [1.807, 2.05) is 32.1 Å². The standard InChI is InChI=1S/C19H32N4O2S/c1-4-20-17(24)19(2,3)14-22-18(25)21-12-15-7-9-23(10-8-15)13-16-6-5-11-26-16/h5-6,11,15H,4,7-10,12-14H2,1-3H3,(H,20,24)(H2,21,22,25). The lowest BCUT2D eigenvalue weighted by Crippen LogP contribution is -2.48. The topological polar surface area (TPSA) is 73.5 Å². The highest BCUT2D eigenvalue weighted by atomic mass is 32.1. The minimum Gasteiger partial charge on any atom is -0.356 e. The van der Waals surface area contributed by atoms with E-state index in [2.05, 4.69) is 38.4 Å². The average molecular weight is 381 g/mol. The molecule has 146 valence electrons. The van der Waals surface area contributed by atoms with E-state index in [-0.39, 0.29) is 11.9 Å². The second-order valence-electron chi connectivity index (χ2n) is 7.61. The van der Waals surface area contributed by atoms with Crippen molar-refractivity contribution in [3.63, 3.8) is 0 Å². The summed E-state index contributed by atoms with van der Waals surface area (Å²) >= 11 is 1.81. The number of nitrogens with one attached hydrogen (secondary N) is 3. The number of urea groups is 1. The molecule has 0 spiro atoms. The van der Waals surface area contributed by atoms with Gasteiger partial charge < -0.3 is 16.0 Å². The molecule has 3 N–H and O–H groups in total. The quantitative estimate of drug-likeness (QED) is 0.648. The van der Waals surface area contributed by atoms with E-state index < -0.39 is 5.41 Å². The summed E-state index contributed by atoms with van der Waals surface area (Å²) in [5, 5.41) is 10.7. The summed E-state index contributed by atoms with van der Waals surface area (Å²) in [5.41, 5.74) is -0.611. The summed E-state index contributed by atoms with van der Waals surface area (Å²) in [7, 11) is 0. The fraction of sp³-hybridized carbons (Fsp3) is 0.684. The average Bonchev–Trinajstić information content (AvgIpc) is 3.12. The van der Waals surface area contributed by atoms with Gasteiger partial charge in [0, 0.05) is 31.1 Å². The molecule has 0 saturated carbocycles. The molecular formula is C19H32N4O2S. The second kappa shape index (κ2) is 9.92. The SMILES string of the molecule is CCNC(=O)C(C)(C)CNC(=O)NCC1CCN(Cc2cccs2)CC1. The molecule has 1 aromatic heterocycles. The molecule has 0 aliphatic carbocycles. The molecule has 7 heteroatoms. The first-order valence-electron chi connectivity index (χ1n) is 9.45. The predicted octanol–water partition coefficient (Wildman–Crippen LogP) is 2.42. The number of thiophene rings is 1. The van der Waals surface area contributed by atoms with E-state index in [9.17, 15) is 9.59 Å². The smallest absolute Gasteiger partial charge is 0.314 e. The van der Waals surface area contributed by atoms with Gasteiger partial charge in [-0.25, -0.2) is 4.79 Å². The van der Waals surface area contributed by atoms with Crippen LogP contribution in [0.3, 0.4) is 0 Å². The molecule has 1 saturated heterocycles. The van der Waals surface area contributed by atoms with E-state index in [1.54, 1.807) is 0 Å². The van der Waals surface area contributed by atoms with Gasteiger partial charge in [0.2, 0.25) is 5.91 Å². The first-order valence-corrected chi connectivity index (χ1v) is 10.3. The molecule has 0 radical (unpaired) electrons. The van der Waals surface area contributed by atoms with Crippen molar-refractivity contribution in [2.75, 3.05) is 32.7 Å². The van der Waals surface area contributed by atoms with Crippen LogP contribution in [0.25, 0.3) is 0 Å². The maximum Gasteiger partial charge on any atom is 0.314 e. The van der Waals surface area contributed by atoms with Gasteiger partial charge in [-0.1, -0.05) is 6.07 Å². The Balaban J connectivity index is 1.62. The number of nitrogens with zero attached hydrogens (tertiary/aromatic N) is 1. The van der Waals surface area contributed by atoms with Crippen LogP contribution >= 0.6 is 11.3 Å². The van der Waals surface area contributed by atoms with Crippen LogP contribution in [-0.4, -0.2) is 49.6 Å². The molecule has 2 rings (SSSR count). The third-order valence-electron chi connectivity index (χ3n) is 4.86. The van der Waals surface area contributed by atoms with E-state index in [0.29, 0.717) is 25.6 Å². The summed E-state index contributed by atoms with van der Waals surface area (Å²) in [6.45, 7) is 10.4. The Morgan fingerprint density at radius 1 is 1.23 bits per heavy atom. The third-order valence-corrected chi connectivity index (χ3v) is 5.72. The normalized spacial score (nSPS) is 16.3. The van der Waals surface area contributed by atoms with Crippen molar-refractivity contribution in [3.05, 3.63) is 22.4 Å². The molecule has 3 amide bonds. The number of rotatable bonds is 8. The highest BCUT2D eigenvalue weighted by molar-refractivity contribution is 7.09. The summed E-state index contributed by atoms with van der Waals surface area (Å²) in [6.07, 6.45) is 2.21. The summed E-state index contributed by atoms with van der Waals surface area (Å²) < 4.78 is 0. The van der Waals surface area contributed by atoms with Gasteiger partial charge in [0.05, 0.1) is 5.41 Å². The molecule has 26 heavy (non-hydrogen) atoms. The lowest BCUT2D eigenvalue weighted by atomic mass is 9.92. The monoisotopic (exact) mass is 380 g/mol. The molecule has 1 aliphatic rings. The molecular weight excluding hydrogens is 348 g/mol. The number of piperidine rings is 1. The molecule has 0 aromatic carbocycles. The zero-order chi connectivity index (χ0) is 19.0. The lowest BCUT2D eigenvalue weighted by molar-refractivity contribution is -0.128. The van der Waals surface area contributed by atoms with Crippen LogP contribution < -0.4 is 16.0 Å². The predicted molar refractivity (Wildman–Crippen MR) is 106 cm³/mol. The highest BCUT2D eigenvalue weighted by Crippen LogP contribution is 2.20. The zero-order valence-electron chi connectivity index (χ0n) is 16.1. The van der Waals surface area contributed by atoms with Gasteiger partial charge in [-0.3, -0.25) is 9.69 Å². The summed E-state index contributed by atoms with van der Waals surface area (Å²) in [6, 6.07) is 4.09. The largest absolute Gasteiger partial charge is 0.356 e. The van der Waals surface area contributed by atoms with Crippen LogP contribution in [0.4, 0.5) is 4.79 Å². The second-order valence-corrected chi connectivity index (χ2v) is 8.64. The molecule has 0 atom stereocenters. The van der Waals surface area contributed by atoms with E-state index in [4.69, 9.17) is 0 Å². The molecule has 0 bridgehead atoms. The van der Waals surface area contributed by atoms with Crippen molar-refractivity contribution in [1.82, 2.24) is 20.9 Å². The van der Waals surface area contributed by atoms with Gasteiger partial charge in [0.15, 0.2) is 0 Å². The lowest BCUT2D eigenvalue weighted by Gasteiger charge is -2.31. The van der Waals surface area contributed by atoms with Gasteiger partial charge in [-0.05, 0) is 64.1 Å². The van der Waals surface area contributed by atoms with Crippen molar-refractivity contribution < 1.29 is 9.59 Å². The Bertz CT molecular complexity index is 566. The number of carbonyl (C=O) groups excluding carboxylic acids is 2. The molecule has 0 unspecified atom stereocenters. The van der Waals surface area contributed by atoms with Crippen molar-refractivity contribution >= 4 is 23.3 Å². The molecule has 1 fully saturated rings. The van der Waals surface area contributed by atoms with Gasteiger partial charge >= 0.3 is 6.03 Å². The number of carbonyl (C=O) groups is 2. The van der Waals surface area contributed by atoms with Crippen LogP contribution in [-0.2, 0) is 11.3 Å². The number of likely N-dealkylation sites (tertiary alicyclic amines) is 1. The zero-order valence-corrected chi connectivity index (χ0v) is 17.0. The van der Waals surface area contributed by atoms with Gasteiger partial charge in [0.1, 0.15) is 0 Å². The number of hydrogen-bond acceptors (Lipinski definition) is 4. The fourth-order valence-electron chi connectivity index (χ4n) is 3.05. The maximum atomic E-state index is 12.0. The first-order chi connectivity index (χ1) is 12.4. The molecule has 2 heterocycles. The van der Waals surface area contributed by atoms with Crippen molar-refractivity contribution in [3.8, 4) is 0 Å². The van der Waals surface area contributed by atoms with Crippen LogP contribution in [0, 0.1) is 11.3 Å². The number of hydrogen-bond donors (Lipinski definition) is 3. The Morgan fingerprint density at radius 2 is 1.96 bits per heavy atom. The molecule has 1 aliphatic heterocycles. The third kappa shape index (κ3) is 6.61. The van der Waals surface area contributed by atoms with Crippen LogP contribution in [0.1, 0.15) is 38.5 Å². The van der Waals surface area contributed by atoms with Gasteiger partial charge in [0.25, 0.3) is 0 Å². The Kier molecular flexibility index (Phi) is 7.90. The van der Waals surface area contributed by atoms with Crippen LogP contribution in [0.2, 0.25) is 0 Å². The van der Waals surface area contributed by atoms with Crippen LogP contribution in [0.5, 0.6) is 0 Å². The maximum absolute atomic E-state index is 12.0. The van der Waals surface area contributed by atoms with Crippen molar-refractivity contribution in [2.45, 2.75) is 40.2 Å². The van der Waals surface area contributed by atoms with E-state index >= 15 is 0 Å². The minimum atomic E-state index is -0.611.